The van der Waals surface area contributed by atoms with Crippen LogP contribution in [-0.2, 0) is 4.74 Å². The highest BCUT2D eigenvalue weighted by atomic mass is 79.9. The number of carbonyl (C=O) groups excluding carboxylic acids is 1. The van der Waals surface area contributed by atoms with E-state index in [2.05, 4.69) is 25.4 Å². The van der Waals surface area contributed by atoms with Gasteiger partial charge in [-0.2, -0.15) is 0 Å². The highest BCUT2D eigenvalue weighted by Crippen LogP contribution is 2.37. The normalized spacial score (nSPS) is 11.1. The molecule has 94 valence electrons. The topological polar surface area (TPSA) is 61.5 Å². The van der Waals surface area contributed by atoms with E-state index in [-0.39, 0.29) is 10.0 Å². The van der Waals surface area contributed by atoms with Crippen LogP contribution >= 0.6 is 15.9 Å². The number of hydrogen-bond acceptors (Lipinski definition) is 4. The molecular weight excluding hydrogens is 307 g/mol. The van der Waals surface area contributed by atoms with Crippen molar-refractivity contribution in [2.75, 3.05) is 12.8 Å². The number of anilines is 1. The lowest BCUT2D eigenvalue weighted by Gasteiger charge is -2.14. The molecule has 0 saturated carbocycles. The molecule has 0 unspecified atom stereocenters. The molecule has 0 aliphatic carbocycles. The van der Waals surface area contributed by atoms with Gasteiger partial charge in [0.25, 0.3) is 0 Å². The molecule has 8 heteroatoms. The first-order valence-corrected chi connectivity index (χ1v) is 4.97. The van der Waals surface area contributed by atoms with E-state index in [1.165, 1.54) is 12.1 Å². The quantitative estimate of drug-likeness (QED) is 0.673. The summed E-state index contributed by atoms with van der Waals surface area (Å²) in [6, 6.07) is 2.44. The summed E-state index contributed by atoms with van der Waals surface area (Å²) in [4.78, 5) is 11.2. The number of benzene rings is 1. The summed E-state index contributed by atoms with van der Waals surface area (Å²) in [5.74, 6) is -1.51. The molecule has 1 aromatic carbocycles. The van der Waals surface area contributed by atoms with Gasteiger partial charge in [-0.3, -0.25) is 0 Å². The maximum absolute atomic E-state index is 12.1. The summed E-state index contributed by atoms with van der Waals surface area (Å²) in [5.41, 5.74) is 4.77. The molecule has 0 heterocycles. The van der Waals surface area contributed by atoms with Crippen LogP contribution in [-0.4, -0.2) is 19.4 Å². The third-order valence-electron chi connectivity index (χ3n) is 1.77. The van der Waals surface area contributed by atoms with Crippen molar-refractivity contribution in [3.8, 4) is 5.75 Å². The number of rotatable bonds is 2. The van der Waals surface area contributed by atoms with Crippen molar-refractivity contribution in [1.29, 1.82) is 0 Å². The molecule has 0 aliphatic rings. The smallest absolute Gasteiger partial charge is 0.465 e. The minimum Gasteiger partial charge on any atom is -0.465 e. The van der Waals surface area contributed by atoms with Gasteiger partial charge < -0.3 is 15.2 Å². The molecular formula is C9H7BrF3NO3. The number of nitrogens with two attached hydrogens (primary N) is 1. The number of esters is 1. The van der Waals surface area contributed by atoms with Crippen LogP contribution in [0.5, 0.6) is 5.75 Å². The number of nitrogen functional groups attached to an aromatic ring is 1. The van der Waals surface area contributed by atoms with Crippen molar-refractivity contribution in [3.05, 3.63) is 22.2 Å². The number of alkyl halides is 3. The average molecular weight is 314 g/mol. The Morgan fingerprint density at radius 3 is 2.47 bits per heavy atom. The van der Waals surface area contributed by atoms with E-state index in [4.69, 9.17) is 5.73 Å². The van der Waals surface area contributed by atoms with Crippen LogP contribution in [0.15, 0.2) is 16.6 Å². The van der Waals surface area contributed by atoms with Crippen molar-refractivity contribution >= 4 is 27.6 Å². The Morgan fingerprint density at radius 1 is 1.41 bits per heavy atom. The minimum atomic E-state index is -4.90. The van der Waals surface area contributed by atoms with Crippen LogP contribution in [0.1, 0.15) is 10.4 Å². The first kappa shape index (κ1) is 13.6. The Kier molecular flexibility index (Phi) is 3.87. The fourth-order valence-corrected chi connectivity index (χ4v) is 1.51. The highest BCUT2D eigenvalue weighted by molar-refractivity contribution is 9.10. The summed E-state index contributed by atoms with van der Waals surface area (Å²) in [6.07, 6.45) is -4.90. The number of ether oxygens (including phenoxy) is 2. The summed E-state index contributed by atoms with van der Waals surface area (Å²) < 4.78 is 44.4. The predicted octanol–water partition coefficient (Wildman–Crippen LogP) is 2.72. The second-order valence-corrected chi connectivity index (χ2v) is 3.73. The zero-order valence-electron chi connectivity index (χ0n) is 8.47. The molecule has 0 aromatic heterocycles. The van der Waals surface area contributed by atoms with Gasteiger partial charge in [-0.15, -0.1) is 13.2 Å². The van der Waals surface area contributed by atoms with Crippen LogP contribution in [0.3, 0.4) is 0 Å². The van der Waals surface area contributed by atoms with Gasteiger partial charge in [0.15, 0.2) is 5.75 Å². The number of carbonyl (C=O) groups is 1. The molecule has 0 radical (unpaired) electrons. The fraction of sp³-hybridized carbons (Fsp3) is 0.222. The highest BCUT2D eigenvalue weighted by Gasteiger charge is 2.33. The molecule has 0 spiro atoms. The summed E-state index contributed by atoms with van der Waals surface area (Å²) in [7, 11) is 1.09. The van der Waals surface area contributed by atoms with E-state index < -0.39 is 23.8 Å². The van der Waals surface area contributed by atoms with Gasteiger partial charge in [0.05, 0.1) is 22.8 Å². The third kappa shape index (κ3) is 3.26. The zero-order chi connectivity index (χ0) is 13.2. The maximum Gasteiger partial charge on any atom is 0.573 e. The van der Waals surface area contributed by atoms with E-state index >= 15 is 0 Å². The van der Waals surface area contributed by atoms with E-state index in [0.717, 1.165) is 7.11 Å². The Morgan fingerprint density at radius 2 is 2.00 bits per heavy atom. The molecule has 17 heavy (non-hydrogen) atoms. The fourth-order valence-electron chi connectivity index (χ4n) is 1.08. The lowest BCUT2D eigenvalue weighted by Crippen LogP contribution is -2.19. The van der Waals surface area contributed by atoms with E-state index in [9.17, 15) is 18.0 Å². The van der Waals surface area contributed by atoms with Gasteiger partial charge in [-0.25, -0.2) is 4.79 Å². The Balaban J connectivity index is 3.25. The third-order valence-corrected chi connectivity index (χ3v) is 2.40. The standard InChI is InChI=1S/C9H7BrF3NO3/c1-16-8(15)4-2-3-5(10)7(6(4)14)17-9(11,12)13/h2-3H,14H2,1H3. The van der Waals surface area contributed by atoms with E-state index in [1.54, 1.807) is 0 Å². The minimum absolute atomic E-state index is 0.0139. The van der Waals surface area contributed by atoms with Crippen molar-refractivity contribution in [3.63, 3.8) is 0 Å². The monoisotopic (exact) mass is 313 g/mol. The lowest BCUT2D eigenvalue weighted by molar-refractivity contribution is -0.274. The number of hydrogen-bond donors (Lipinski definition) is 1. The van der Waals surface area contributed by atoms with Crippen molar-refractivity contribution < 1.29 is 27.4 Å². The molecule has 2 N–H and O–H groups in total. The molecule has 0 saturated heterocycles. The predicted molar refractivity (Wildman–Crippen MR) is 56.6 cm³/mol. The Bertz CT molecular complexity index is 448. The SMILES string of the molecule is COC(=O)c1ccc(Br)c(OC(F)(F)F)c1N. The van der Waals surface area contributed by atoms with E-state index in [1.807, 2.05) is 0 Å². The number of halogens is 4. The Hall–Kier alpha value is -1.44. The van der Waals surface area contributed by atoms with Gasteiger partial charge in [-0.05, 0) is 28.1 Å². The van der Waals surface area contributed by atoms with Gasteiger partial charge in [-0.1, -0.05) is 0 Å². The summed E-state index contributed by atoms with van der Waals surface area (Å²) >= 11 is 2.85. The van der Waals surface area contributed by atoms with Crippen LogP contribution in [0, 0.1) is 0 Å². The van der Waals surface area contributed by atoms with Crippen molar-refractivity contribution in [2.45, 2.75) is 6.36 Å². The van der Waals surface area contributed by atoms with Crippen LogP contribution in [0.4, 0.5) is 18.9 Å². The van der Waals surface area contributed by atoms with Crippen LogP contribution < -0.4 is 10.5 Å². The van der Waals surface area contributed by atoms with Crippen LogP contribution in [0.25, 0.3) is 0 Å². The molecule has 4 nitrogen and oxygen atoms in total. The first-order valence-electron chi connectivity index (χ1n) is 4.18. The number of methoxy groups -OCH3 is 1. The van der Waals surface area contributed by atoms with Gasteiger partial charge in [0.1, 0.15) is 0 Å². The summed E-state index contributed by atoms with van der Waals surface area (Å²) in [6.45, 7) is 0. The van der Waals surface area contributed by atoms with Crippen LogP contribution in [0.2, 0.25) is 0 Å². The Labute approximate surface area is 103 Å². The largest absolute Gasteiger partial charge is 0.573 e. The zero-order valence-corrected chi connectivity index (χ0v) is 10.1. The lowest BCUT2D eigenvalue weighted by atomic mass is 10.1. The second kappa shape index (κ2) is 4.82. The summed E-state index contributed by atoms with van der Waals surface area (Å²) in [5, 5.41) is 0. The first-order chi connectivity index (χ1) is 7.76. The van der Waals surface area contributed by atoms with Gasteiger partial charge in [0.2, 0.25) is 0 Å². The molecule has 0 amide bonds. The molecule has 0 bridgehead atoms. The molecule has 1 rings (SSSR count). The molecule has 0 atom stereocenters. The molecule has 0 aliphatic heterocycles. The van der Waals surface area contributed by atoms with E-state index in [0.29, 0.717) is 0 Å². The van der Waals surface area contributed by atoms with Gasteiger partial charge in [0, 0.05) is 0 Å². The molecule has 1 aromatic rings. The van der Waals surface area contributed by atoms with Crippen molar-refractivity contribution in [1.82, 2.24) is 0 Å². The average Bonchev–Trinajstić information content (AvgIpc) is 2.22. The maximum atomic E-state index is 12.1. The van der Waals surface area contributed by atoms with Crippen molar-refractivity contribution in [2.24, 2.45) is 0 Å². The second-order valence-electron chi connectivity index (χ2n) is 2.88. The van der Waals surface area contributed by atoms with Gasteiger partial charge >= 0.3 is 12.3 Å². The molecule has 0 fully saturated rings.